The van der Waals surface area contributed by atoms with E-state index < -0.39 is 0 Å². The van der Waals surface area contributed by atoms with Gasteiger partial charge in [-0.15, -0.1) is 0 Å². The second-order valence-corrected chi connectivity index (χ2v) is 3.25. The number of rotatable bonds is 2. The molecule has 0 aromatic heterocycles. The number of guanidine groups is 1. The molecule has 0 atom stereocenters. The summed E-state index contributed by atoms with van der Waals surface area (Å²) in [5.41, 5.74) is 9.11. The number of aliphatic imine (C=N–C) groups is 1. The number of anilines is 1. The van der Waals surface area contributed by atoms with Crippen LogP contribution < -0.4 is 11.1 Å². The third kappa shape index (κ3) is 2.49. The highest BCUT2D eigenvalue weighted by Gasteiger charge is 2.01. The van der Waals surface area contributed by atoms with Gasteiger partial charge in [0.25, 0.3) is 0 Å². The maximum Gasteiger partial charge on any atom is 0.193 e. The van der Waals surface area contributed by atoms with E-state index >= 15 is 0 Å². The molecule has 0 heterocycles. The van der Waals surface area contributed by atoms with Crippen molar-refractivity contribution in [3.05, 3.63) is 29.3 Å². The minimum atomic E-state index is 0.477. The van der Waals surface area contributed by atoms with Crippen molar-refractivity contribution in [1.29, 1.82) is 0 Å². The second-order valence-electron chi connectivity index (χ2n) is 3.25. The standard InChI is InChI=1S/C11H17N3/c1-4-13-11(12)14-10-8(2)6-5-7-9(10)3/h5-7H,4H2,1-3H3,(H3,12,13,14). The van der Waals surface area contributed by atoms with E-state index in [1.807, 2.05) is 13.0 Å². The molecule has 14 heavy (non-hydrogen) atoms. The van der Waals surface area contributed by atoms with Gasteiger partial charge in [0, 0.05) is 12.2 Å². The zero-order valence-corrected chi connectivity index (χ0v) is 8.96. The number of hydrogen-bond acceptors (Lipinski definition) is 1. The average Bonchev–Trinajstić information content (AvgIpc) is 2.12. The van der Waals surface area contributed by atoms with E-state index in [4.69, 9.17) is 5.73 Å². The first-order valence-corrected chi connectivity index (χ1v) is 4.78. The van der Waals surface area contributed by atoms with E-state index in [1.165, 1.54) is 11.1 Å². The van der Waals surface area contributed by atoms with Crippen molar-refractivity contribution in [3.63, 3.8) is 0 Å². The quantitative estimate of drug-likeness (QED) is 0.555. The molecule has 0 radical (unpaired) electrons. The molecule has 0 saturated heterocycles. The molecule has 3 nitrogen and oxygen atoms in total. The van der Waals surface area contributed by atoms with E-state index in [1.54, 1.807) is 0 Å². The van der Waals surface area contributed by atoms with Crippen molar-refractivity contribution in [2.24, 2.45) is 10.7 Å². The Kier molecular flexibility index (Phi) is 3.51. The Morgan fingerprint density at radius 3 is 2.43 bits per heavy atom. The summed E-state index contributed by atoms with van der Waals surface area (Å²) < 4.78 is 0. The summed E-state index contributed by atoms with van der Waals surface area (Å²) in [7, 11) is 0. The lowest BCUT2D eigenvalue weighted by molar-refractivity contribution is 1.12. The maximum atomic E-state index is 5.69. The highest BCUT2D eigenvalue weighted by molar-refractivity contribution is 5.93. The van der Waals surface area contributed by atoms with Gasteiger partial charge in [0.15, 0.2) is 5.96 Å². The molecule has 0 fully saturated rings. The molecule has 1 rings (SSSR count). The van der Waals surface area contributed by atoms with E-state index in [2.05, 4.69) is 36.3 Å². The number of nitrogens with zero attached hydrogens (tertiary/aromatic N) is 1. The van der Waals surface area contributed by atoms with E-state index in [0.717, 1.165) is 5.69 Å². The lowest BCUT2D eigenvalue weighted by atomic mass is 10.1. The largest absolute Gasteiger partial charge is 0.370 e. The van der Waals surface area contributed by atoms with Gasteiger partial charge in [0.05, 0.1) is 0 Å². The first-order chi connectivity index (χ1) is 6.65. The summed E-state index contributed by atoms with van der Waals surface area (Å²) >= 11 is 0. The maximum absolute atomic E-state index is 5.69. The zero-order valence-electron chi connectivity index (χ0n) is 8.96. The van der Waals surface area contributed by atoms with Gasteiger partial charge in [-0.3, -0.25) is 4.99 Å². The van der Waals surface area contributed by atoms with Gasteiger partial charge in [-0.2, -0.15) is 0 Å². The molecule has 1 aromatic rings. The first-order valence-electron chi connectivity index (χ1n) is 4.78. The molecule has 76 valence electrons. The van der Waals surface area contributed by atoms with Crippen LogP contribution in [0, 0.1) is 13.8 Å². The molecule has 3 heteroatoms. The fraction of sp³-hybridized carbons (Fsp3) is 0.364. The fourth-order valence-electron chi connectivity index (χ4n) is 1.35. The Morgan fingerprint density at radius 1 is 1.36 bits per heavy atom. The van der Waals surface area contributed by atoms with Crippen LogP contribution in [0.1, 0.15) is 18.1 Å². The molecule has 0 aliphatic rings. The minimum absolute atomic E-state index is 0.477. The van der Waals surface area contributed by atoms with Crippen LogP contribution in [0.25, 0.3) is 0 Å². The molecule has 0 saturated carbocycles. The van der Waals surface area contributed by atoms with Gasteiger partial charge in [-0.05, 0) is 31.9 Å². The van der Waals surface area contributed by atoms with Gasteiger partial charge in [-0.1, -0.05) is 18.2 Å². The van der Waals surface area contributed by atoms with Crippen LogP contribution in [0.3, 0.4) is 0 Å². The van der Waals surface area contributed by atoms with Gasteiger partial charge >= 0.3 is 0 Å². The number of para-hydroxylation sites is 1. The summed E-state index contributed by atoms with van der Waals surface area (Å²) in [5.74, 6) is 0.477. The number of nitrogens with one attached hydrogen (secondary N) is 1. The number of nitrogens with two attached hydrogens (primary N) is 1. The Morgan fingerprint density at radius 2 is 1.93 bits per heavy atom. The molecule has 0 bridgehead atoms. The molecule has 1 aromatic carbocycles. The molecule has 3 N–H and O–H groups in total. The molecular weight excluding hydrogens is 174 g/mol. The highest BCUT2D eigenvalue weighted by atomic mass is 15.1. The van der Waals surface area contributed by atoms with Crippen LogP contribution >= 0.6 is 0 Å². The van der Waals surface area contributed by atoms with Crippen molar-refractivity contribution >= 4 is 11.6 Å². The molecular formula is C11H17N3. The number of benzene rings is 1. The zero-order chi connectivity index (χ0) is 10.6. The molecule has 0 aliphatic carbocycles. The Labute approximate surface area is 85.0 Å². The molecule has 0 unspecified atom stereocenters. The van der Waals surface area contributed by atoms with Gasteiger partial charge in [-0.25, -0.2) is 0 Å². The smallest absolute Gasteiger partial charge is 0.193 e. The van der Waals surface area contributed by atoms with Crippen LogP contribution in [0.2, 0.25) is 0 Å². The predicted octanol–water partition coefficient (Wildman–Crippen LogP) is 2.05. The van der Waals surface area contributed by atoms with Crippen LogP contribution in [0.4, 0.5) is 5.69 Å². The predicted molar refractivity (Wildman–Crippen MR) is 61.7 cm³/mol. The van der Waals surface area contributed by atoms with E-state index in [-0.39, 0.29) is 0 Å². The van der Waals surface area contributed by atoms with Crippen molar-refractivity contribution < 1.29 is 0 Å². The topological polar surface area (TPSA) is 50.4 Å². The van der Waals surface area contributed by atoms with Crippen LogP contribution in [0.5, 0.6) is 0 Å². The van der Waals surface area contributed by atoms with Crippen molar-refractivity contribution in [2.45, 2.75) is 20.8 Å². The third-order valence-corrected chi connectivity index (χ3v) is 2.06. The van der Waals surface area contributed by atoms with Crippen LogP contribution in [-0.4, -0.2) is 12.5 Å². The summed E-state index contributed by atoms with van der Waals surface area (Å²) in [6.07, 6.45) is 0. The number of aryl methyl sites for hydroxylation is 2. The van der Waals surface area contributed by atoms with E-state index in [0.29, 0.717) is 12.5 Å². The van der Waals surface area contributed by atoms with Gasteiger partial charge in [0.1, 0.15) is 0 Å². The number of hydrogen-bond donors (Lipinski definition) is 2. The summed E-state index contributed by atoms with van der Waals surface area (Å²) in [6.45, 7) is 6.76. The lowest BCUT2D eigenvalue weighted by Crippen LogP contribution is -2.23. The second kappa shape index (κ2) is 4.65. The Hall–Kier alpha value is -1.51. The summed E-state index contributed by atoms with van der Waals surface area (Å²) in [5, 5.41) is 3.11. The van der Waals surface area contributed by atoms with Crippen LogP contribution in [-0.2, 0) is 0 Å². The molecule has 0 amide bonds. The fourth-order valence-corrected chi connectivity index (χ4v) is 1.35. The SMILES string of the molecule is CCN=C(N)Nc1c(C)cccc1C. The van der Waals surface area contributed by atoms with Crippen molar-refractivity contribution in [2.75, 3.05) is 11.9 Å². The first kappa shape index (κ1) is 10.6. The van der Waals surface area contributed by atoms with Gasteiger partial charge < -0.3 is 11.1 Å². The Bertz CT molecular complexity index is 322. The molecule has 0 spiro atoms. The summed E-state index contributed by atoms with van der Waals surface area (Å²) in [6, 6.07) is 6.13. The Balaban J connectivity index is 2.91. The monoisotopic (exact) mass is 191 g/mol. The lowest BCUT2D eigenvalue weighted by Gasteiger charge is -2.11. The van der Waals surface area contributed by atoms with Crippen LogP contribution in [0.15, 0.2) is 23.2 Å². The van der Waals surface area contributed by atoms with Crippen molar-refractivity contribution in [1.82, 2.24) is 0 Å². The van der Waals surface area contributed by atoms with E-state index in [9.17, 15) is 0 Å². The summed E-state index contributed by atoms with van der Waals surface area (Å²) in [4.78, 5) is 4.09. The highest BCUT2D eigenvalue weighted by Crippen LogP contribution is 2.18. The minimum Gasteiger partial charge on any atom is -0.370 e. The normalized spacial score (nSPS) is 11.5. The van der Waals surface area contributed by atoms with Crippen molar-refractivity contribution in [3.8, 4) is 0 Å². The van der Waals surface area contributed by atoms with Gasteiger partial charge in [0.2, 0.25) is 0 Å². The average molecular weight is 191 g/mol. The molecule has 0 aliphatic heterocycles. The third-order valence-electron chi connectivity index (χ3n) is 2.06.